The first-order valence-corrected chi connectivity index (χ1v) is 6.24. The average Bonchev–Trinajstić information content (AvgIpc) is 2.32. The number of aryl methyl sites for hydroxylation is 1. The minimum absolute atomic E-state index is 0.0313. The normalized spacial score (nSPS) is 10.1. The average molecular weight is 305 g/mol. The standard InChI is InChI=1S/C14H13BrN2O/c1-9-2-4-10(5-3-9)18-11-6-7-12(14(16)17)13(15)8-11/h2-8H,1H3,(H3,16,17). The first kappa shape index (κ1) is 12.6. The van der Waals surface area contributed by atoms with Gasteiger partial charge in [-0.15, -0.1) is 0 Å². The lowest BCUT2D eigenvalue weighted by Crippen LogP contribution is -2.11. The summed E-state index contributed by atoms with van der Waals surface area (Å²) in [7, 11) is 0. The molecule has 0 saturated heterocycles. The van der Waals surface area contributed by atoms with Gasteiger partial charge in [0.1, 0.15) is 17.3 Å². The van der Waals surface area contributed by atoms with Gasteiger partial charge in [0, 0.05) is 10.0 Å². The number of hydrogen-bond donors (Lipinski definition) is 2. The van der Waals surface area contributed by atoms with Crippen LogP contribution in [0.25, 0.3) is 0 Å². The second-order valence-corrected chi connectivity index (χ2v) is 4.82. The minimum Gasteiger partial charge on any atom is -0.457 e. The molecule has 0 bridgehead atoms. The third kappa shape index (κ3) is 2.90. The predicted molar refractivity (Wildman–Crippen MR) is 76.4 cm³/mol. The van der Waals surface area contributed by atoms with Crippen molar-refractivity contribution in [1.82, 2.24) is 0 Å². The maximum atomic E-state index is 7.40. The van der Waals surface area contributed by atoms with Gasteiger partial charge in [-0.3, -0.25) is 5.41 Å². The molecule has 0 aliphatic heterocycles. The van der Waals surface area contributed by atoms with Gasteiger partial charge in [-0.1, -0.05) is 17.7 Å². The topological polar surface area (TPSA) is 59.1 Å². The molecule has 0 fully saturated rings. The van der Waals surface area contributed by atoms with Crippen molar-refractivity contribution in [1.29, 1.82) is 5.41 Å². The lowest BCUT2D eigenvalue weighted by molar-refractivity contribution is 0.482. The third-order valence-electron chi connectivity index (χ3n) is 2.49. The number of nitrogens with two attached hydrogens (primary N) is 1. The van der Waals surface area contributed by atoms with E-state index < -0.39 is 0 Å². The summed E-state index contributed by atoms with van der Waals surface area (Å²) in [6.07, 6.45) is 0. The molecule has 0 heterocycles. The summed E-state index contributed by atoms with van der Waals surface area (Å²) < 4.78 is 6.46. The lowest BCUT2D eigenvalue weighted by atomic mass is 10.2. The van der Waals surface area contributed by atoms with Crippen molar-refractivity contribution in [3.8, 4) is 11.5 Å². The highest BCUT2D eigenvalue weighted by atomic mass is 79.9. The molecule has 2 aromatic carbocycles. The number of nitrogen functional groups attached to an aromatic ring is 1. The molecule has 2 aromatic rings. The fourth-order valence-corrected chi connectivity index (χ4v) is 2.09. The smallest absolute Gasteiger partial charge is 0.128 e. The number of rotatable bonds is 3. The predicted octanol–water partition coefficient (Wildman–Crippen LogP) is 3.83. The molecule has 0 amide bonds. The Kier molecular flexibility index (Phi) is 3.67. The molecule has 0 saturated carbocycles. The molecule has 0 aliphatic rings. The molecule has 2 rings (SSSR count). The Labute approximate surface area is 114 Å². The Bertz CT molecular complexity index is 579. The van der Waals surface area contributed by atoms with Crippen LogP contribution in [0.3, 0.4) is 0 Å². The summed E-state index contributed by atoms with van der Waals surface area (Å²) in [5.41, 5.74) is 7.30. The number of ether oxygens (including phenoxy) is 1. The van der Waals surface area contributed by atoms with Gasteiger partial charge in [0.05, 0.1) is 0 Å². The largest absolute Gasteiger partial charge is 0.457 e. The van der Waals surface area contributed by atoms with Crippen molar-refractivity contribution in [3.05, 3.63) is 58.1 Å². The van der Waals surface area contributed by atoms with Crippen LogP contribution in [0.5, 0.6) is 11.5 Å². The summed E-state index contributed by atoms with van der Waals surface area (Å²) in [6.45, 7) is 2.03. The van der Waals surface area contributed by atoms with Gasteiger partial charge in [0.2, 0.25) is 0 Å². The number of hydrogen-bond acceptors (Lipinski definition) is 2. The van der Waals surface area contributed by atoms with Crippen molar-refractivity contribution in [2.75, 3.05) is 0 Å². The van der Waals surface area contributed by atoms with E-state index in [1.165, 1.54) is 5.56 Å². The molecule has 3 nitrogen and oxygen atoms in total. The molecule has 0 atom stereocenters. The van der Waals surface area contributed by atoms with Crippen molar-refractivity contribution >= 4 is 21.8 Å². The molecular formula is C14H13BrN2O. The minimum atomic E-state index is 0.0313. The van der Waals surface area contributed by atoms with Crippen LogP contribution in [0, 0.1) is 12.3 Å². The van der Waals surface area contributed by atoms with E-state index in [-0.39, 0.29) is 5.84 Å². The van der Waals surface area contributed by atoms with Crippen LogP contribution in [-0.2, 0) is 0 Å². The molecule has 3 N–H and O–H groups in total. The third-order valence-corrected chi connectivity index (χ3v) is 3.14. The maximum absolute atomic E-state index is 7.40. The number of halogens is 1. The van der Waals surface area contributed by atoms with E-state index in [0.29, 0.717) is 11.3 Å². The van der Waals surface area contributed by atoms with E-state index in [1.54, 1.807) is 18.2 Å². The van der Waals surface area contributed by atoms with E-state index in [9.17, 15) is 0 Å². The van der Waals surface area contributed by atoms with Crippen LogP contribution in [-0.4, -0.2) is 5.84 Å². The lowest BCUT2D eigenvalue weighted by Gasteiger charge is -2.08. The Morgan fingerprint density at radius 1 is 1.11 bits per heavy atom. The highest BCUT2D eigenvalue weighted by Crippen LogP contribution is 2.27. The molecule has 0 aliphatic carbocycles. The Morgan fingerprint density at radius 3 is 2.28 bits per heavy atom. The first-order chi connectivity index (χ1) is 8.56. The van der Waals surface area contributed by atoms with Gasteiger partial charge >= 0.3 is 0 Å². The van der Waals surface area contributed by atoms with Crippen LogP contribution in [0.1, 0.15) is 11.1 Å². The summed E-state index contributed by atoms with van der Waals surface area (Å²) in [4.78, 5) is 0. The quantitative estimate of drug-likeness (QED) is 0.668. The van der Waals surface area contributed by atoms with Gasteiger partial charge in [0.15, 0.2) is 0 Å². The molecule has 4 heteroatoms. The van der Waals surface area contributed by atoms with E-state index >= 15 is 0 Å². The summed E-state index contributed by atoms with van der Waals surface area (Å²) in [5.74, 6) is 1.52. The van der Waals surface area contributed by atoms with Crippen LogP contribution >= 0.6 is 15.9 Å². The van der Waals surface area contributed by atoms with Crippen LogP contribution in [0.4, 0.5) is 0 Å². The van der Waals surface area contributed by atoms with Gasteiger partial charge in [-0.25, -0.2) is 0 Å². The van der Waals surface area contributed by atoms with Gasteiger partial charge in [-0.2, -0.15) is 0 Å². The van der Waals surface area contributed by atoms with Gasteiger partial charge in [0.25, 0.3) is 0 Å². The fourth-order valence-electron chi connectivity index (χ4n) is 1.52. The van der Waals surface area contributed by atoms with Crippen molar-refractivity contribution < 1.29 is 4.74 Å². The zero-order valence-electron chi connectivity index (χ0n) is 9.91. The maximum Gasteiger partial charge on any atom is 0.128 e. The van der Waals surface area contributed by atoms with E-state index in [1.807, 2.05) is 31.2 Å². The number of benzene rings is 2. The second kappa shape index (κ2) is 5.23. The molecule has 92 valence electrons. The molecule has 0 aromatic heterocycles. The Balaban J connectivity index is 2.22. The van der Waals surface area contributed by atoms with E-state index in [0.717, 1.165) is 10.2 Å². The van der Waals surface area contributed by atoms with E-state index in [4.69, 9.17) is 15.9 Å². The van der Waals surface area contributed by atoms with Gasteiger partial charge < -0.3 is 10.5 Å². The van der Waals surface area contributed by atoms with Crippen molar-refractivity contribution in [2.24, 2.45) is 5.73 Å². The Hall–Kier alpha value is -1.81. The number of nitrogens with one attached hydrogen (secondary N) is 1. The van der Waals surface area contributed by atoms with Crippen LogP contribution in [0.2, 0.25) is 0 Å². The highest BCUT2D eigenvalue weighted by Gasteiger charge is 2.05. The molecule has 0 radical (unpaired) electrons. The Morgan fingerprint density at radius 2 is 1.72 bits per heavy atom. The van der Waals surface area contributed by atoms with E-state index in [2.05, 4.69) is 15.9 Å². The van der Waals surface area contributed by atoms with Crippen LogP contribution in [0.15, 0.2) is 46.9 Å². The van der Waals surface area contributed by atoms with Crippen molar-refractivity contribution in [2.45, 2.75) is 6.92 Å². The van der Waals surface area contributed by atoms with Crippen molar-refractivity contribution in [3.63, 3.8) is 0 Å². The van der Waals surface area contributed by atoms with Gasteiger partial charge in [-0.05, 0) is 53.2 Å². The zero-order chi connectivity index (χ0) is 13.1. The summed E-state index contributed by atoms with van der Waals surface area (Å²) in [6, 6.07) is 13.2. The molecule has 0 spiro atoms. The second-order valence-electron chi connectivity index (χ2n) is 3.97. The van der Waals surface area contributed by atoms with Crippen LogP contribution < -0.4 is 10.5 Å². The SMILES string of the molecule is Cc1ccc(Oc2ccc(C(=N)N)c(Br)c2)cc1. The summed E-state index contributed by atoms with van der Waals surface area (Å²) >= 11 is 3.37. The molecule has 0 unspecified atom stereocenters. The molecular weight excluding hydrogens is 292 g/mol. The first-order valence-electron chi connectivity index (χ1n) is 5.45. The highest BCUT2D eigenvalue weighted by molar-refractivity contribution is 9.10. The molecule has 18 heavy (non-hydrogen) atoms. The monoisotopic (exact) mass is 304 g/mol. The zero-order valence-corrected chi connectivity index (χ0v) is 11.5. The summed E-state index contributed by atoms with van der Waals surface area (Å²) in [5, 5.41) is 7.40. The number of amidine groups is 1. The fraction of sp³-hybridized carbons (Fsp3) is 0.0714.